The molecule has 0 aliphatic rings. The minimum Gasteiger partial charge on any atom is -0.494 e. The Labute approximate surface area is 94.0 Å². The predicted molar refractivity (Wildman–Crippen MR) is 50.9 cm³/mol. The molecule has 1 aromatic rings. The summed E-state index contributed by atoms with van der Waals surface area (Å²) in [6.45, 7) is 0. The van der Waals surface area contributed by atoms with E-state index >= 15 is 0 Å². The molecule has 0 aliphatic carbocycles. The molecule has 0 saturated heterocycles. The number of alkyl halides is 2. The van der Waals surface area contributed by atoms with Crippen molar-refractivity contribution in [1.82, 2.24) is 4.98 Å². The van der Waals surface area contributed by atoms with E-state index in [1.54, 1.807) is 0 Å². The maximum absolute atomic E-state index is 12.4. The van der Waals surface area contributed by atoms with Gasteiger partial charge in [-0.25, -0.2) is 8.78 Å². The van der Waals surface area contributed by atoms with Crippen LogP contribution in [0.4, 0.5) is 8.78 Å². The summed E-state index contributed by atoms with van der Waals surface area (Å²) in [5.41, 5.74) is -0.788. The molecule has 82 valence electrons. The molecule has 1 aromatic heterocycles. The van der Waals surface area contributed by atoms with Crippen molar-refractivity contribution in [3.8, 4) is 5.75 Å². The van der Waals surface area contributed by atoms with Crippen LogP contribution in [-0.4, -0.2) is 17.3 Å². The standard InChI is InChI=1S/C8H5Cl2F2NO2/c1-15-6-3(7(10)14)2-13-5(4(6)9)8(11)12/h2,8H,1H3. The van der Waals surface area contributed by atoms with Gasteiger partial charge in [0.2, 0.25) is 0 Å². The molecule has 0 amide bonds. The molecule has 7 heteroatoms. The molecule has 0 unspecified atom stereocenters. The number of pyridine rings is 1. The van der Waals surface area contributed by atoms with Crippen molar-refractivity contribution in [1.29, 1.82) is 0 Å². The largest absolute Gasteiger partial charge is 0.494 e. The average Bonchev–Trinajstić information content (AvgIpc) is 2.16. The van der Waals surface area contributed by atoms with E-state index in [2.05, 4.69) is 4.98 Å². The van der Waals surface area contributed by atoms with Crippen LogP contribution in [-0.2, 0) is 0 Å². The highest BCUT2D eigenvalue weighted by molar-refractivity contribution is 6.68. The van der Waals surface area contributed by atoms with Crippen LogP contribution < -0.4 is 4.74 Å². The number of carbonyl (C=O) groups is 1. The zero-order valence-electron chi connectivity index (χ0n) is 7.43. The van der Waals surface area contributed by atoms with E-state index in [9.17, 15) is 13.6 Å². The third-order valence-electron chi connectivity index (χ3n) is 1.62. The van der Waals surface area contributed by atoms with Crippen molar-refractivity contribution in [3.05, 3.63) is 22.5 Å². The van der Waals surface area contributed by atoms with Gasteiger partial charge in [-0.2, -0.15) is 0 Å². The lowest BCUT2D eigenvalue weighted by atomic mass is 10.2. The lowest BCUT2D eigenvalue weighted by Crippen LogP contribution is -2.02. The van der Waals surface area contributed by atoms with Gasteiger partial charge in [-0.05, 0) is 11.6 Å². The maximum atomic E-state index is 12.4. The normalized spacial score (nSPS) is 10.5. The fraction of sp³-hybridized carbons (Fsp3) is 0.250. The number of rotatable bonds is 3. The molecule has 0 N–H and O–H groups in total. The molecule has 0 bridgehead atoms. The predicted octanol–water partition coefficient (Wildman–Crippen LogP) is 3.06. The second-order valence-electron chi connectivity index (χ2n) is 2.48. The van der Waals surface area contributed by atoms with E-state index in [4.69, 9.17) is 27.9 Å². The highest BCUT2D eigenvalue weighted by Gasteiger charge is 2.22. The highest BCUT2D eigenvalue weighted by atomic mass is 35.5. The van der Waals surface area contributed by atoms with Crippen LogP contribution in [0.2, 0.25) is 5.02 Å². The van der Waals surface area contributed by atoms with Gasteiger partial charge in [0.1, 0.15) is 10.7 Å². The van der Waals surface area contributed by atoms with Gasteiger partial charge < -0.3 is 4.74 Å². The molecule has 3 nitrogen and oxygen atoms in total. The summed E-state index contributed by atoms with van der Waals surface area (Å²) in [6, 6.07) is 0. The molecule has 0 fully saturated rings. The minimum absolute atomic E-state index is 0.145. The molecule has 1 rings (SSSR count). The van der Waals surface area contributed by atoms with Crippen molar-refractivity contribution in [3.63, 3.8) is 0 Å². The number of ether oxygens (including phenoxy) is 1. The minimum atomic E-state index is -2.84. The summed E-state index contributed by atoms with van der Waals surface area (Å²) in [5, 5.41) is -1.28. The number of carbonyl (C=O) groups excluding carboxylic acids is 1. The van der Waals surface area contributed by atoms with Gasteiger partial charge in [0.05, 0.1) is 12.7 Å². The Bertz CT molecular complexity index is 398. The zero-order chi connectivity index (χ0) is 11.6. The van der Waals surface area contributed by atoms with E-state index in [1.807, 2.05) is 0 Å². The molecule has 0 aliphatic heterocycles. The molecule has 0 saturated carbocycles. The summed E-state index contributed by atoms with van der Waals surface area (Å²) in [4.78, 5) is 14.2. The van der Waals surface area contributed by atoms with Crippen molar-refractivity contribution < 1.29 is 18.3 Å². The first-order valence-electron chi connectivity index (χ1n) is 3.69. The summed E-state index contributed by atoms with van der Waals surface area (Å²) < 4.78 is 29.4. The first kappa shape index (κ1) is 12.1. The Morgan fingerprint density at radius 2 is 2.20 bits per heavy atom. The summed E-state index contributed by atoms with van der Waals surface area (Å²) in [6.07, 6.45) is -1.94. The Hall–Kier alpha value is -0.940. The van der Waals surface area contributed by atoms with Crippen LogP contribution in [0.1, 0.15) is 22.5 Å². The van der Waals surface area contributed by atoms with Crippen LogP contribution >= 0.6 is 23.2 Å². The third-order valence-corrected chi connectivity index (χ3v) is 2.19. The molecular formula is C8H5Cl2F2NO2. The molecule has 0 spiro atoms. The Morgan fingerprint density at radius 1 is 1.60 bits per heavy atom. The first-order valence-corrected chi connectivity index (χ1v) is 4.45. The Morgan fingerprint density at radius 3 is 2.60 bits per heavy atom. The fourth-order valence-electron chi connectivity index (χ4n) is 0.976. The molecule has 1 heterocycles. The van der Waals surface area contributed by atoms with Gasteiger partial charge in [-0.3, -0.25) is 9.78 Å². The molecule has 0 aromatic carbocycles. The van der Waals surface area contributed by atoms with Crippen LogP contribution in [0.5, 0.6) is 5.75 Å². The zero-order valence-corrected chi connectivity index (χ0v) is 8.94. The first-order chi connectivity index (χ1) is 6.99. The fourth-order valence-corrected chi connectivity index (χ4v) is 1.42. The second-order valence-corrected chi connectivity index (χ2v) is 3.20. The van der Waals surface area contributed by atoms with Gasteiger partial charge in [-0.15, -0.1) is 0 Å². The smallest absolute Gasteiger partial charge is 0.281 e. The van der Waals surface area contributed by atoms with Crippen molar-refractivity contribution >= 4 is 28.4 Å². The van der Waals surface area contributed by atoms with Gasteiger partial charge in [0.15, 0.2) is 5.75 Å². The van der Waals surface area contributed by atoms with Crippen LogP contribution in [0.15, 0.2) is 6.20 Å². The van der Waals surface area contributed by atoms with E-state index in [1.165, 1.54) is 7.11 Å². The number of nitrogens with zero attached hydrogens (tertiary/aromatic N) is 1. The van der Waals surface area contributed by atoms with E-state index in [-0.39, 0.29) is 11.3 Å². The topological polar surface area (TPSA) is 39.2 Å². The van der Waals surface area contributed by atoms with E-state index in [0.717, 1.165) is 6.20 Å². The number of methoxy groups -OCH3 is 1. The van der Waals surface area contributed by atoms with Gasteiger partial charge in [-0.1, -0.05) is 11.6 Å². The molecule has 0 atom stereocenters. The summed E-state index contributed by atoms with van der Waals surface area (Å²) >= 11 is 10.8. The molecule has 15 heavy (non-hydrogen) atoms. The Balaban J connectivity index is 3.39. The van der Waals surface area contributed by atoms with Gasteiger partial charge in [0.25, 0.3) is 11.7 Å². The molecular weight excluding hydrogens is 251 g/mol. The van der Waals surface area contributed by atoms with Crippen LogP contribution in [0.25, 0.3) is 0 Å². The van der Waals surface area contributed by atoms with Crippen LogP contribution in [0.3, 0.4) is 0 Å². The van der Waals surface area contributed by atoms with Crippen molar-refractivity contribution in [2.24, 2.45) is 0 Å². The molecule has 0 radical (unpaired) electrons. The number of halogens is 4. The second kappa shape index (κ2) is 4.72. The monoisotopic (exact) mass is 255 g/mol. The number of hydrogen-bond acceptors (Lipinski definition) is 3. The summed E-state index contributed by atoms with van der Waals surface area (Å²) in [7, 11) is 1.19. The highest BCUT2D eigenvalue weighted by Crippen LogP contribution is 2.35. The third kappa shape index (κ3) is 2.35. The van der Waals surface area contributed by atoms with Gasteiger partial charge >= 0.3 is 0 Å². The average molecular weight is 256 g/mol. The summed E-state index contributed by atoms with van der Waals surface area (Å²) in [5.74, 6) is -0.193. The lowest BCUT2D eigenvalue weighted by molar-refractivity contribution is 0.107. The van der Waals surface area contributed by atoms with Crippen molar-refractivity contribution in [2.45, 2.75) is 6.43 Å². The van der Waals surface area contributed by atoms with Crippen LogP contribution in [0, 0.1) is 0 Å². The number of aromatic nitrogens is 1. The SMILES string of the molecule is COc1c(C(=O)Cl)cnc(C(F)F)c1Cl. The van der Waals surface area contributed by atoms with E-state index in [0.29, 0.717) is 0 Å². The Kier molecular flexibility index (Phi) is 3.82. The quantitative estimate of drug-likeness (QED) is 0.780. The van der Waals surface area contributed by atoms with Gasteiger partial charge in [0, 0.05) is 6.20 Å². The number of hydrogen-bond donors (Lipinski definition) is 0. The maximum Gasteiger partial charge on any atom is 0.281 e. The lowest BCUT2D eigenvalue weighted by Gasteiger charge is -2.09. The van der Waals surface area contributed by atoms with Crippen molar-refractivity contribution in [2.75, 3.05) is 7.11 Å². The van der Waals surface area contributed by atoms with E-state index < -0.39 is 22.4 Å².